The molecule has 5 heterocycles. The minimum absolute atomic E-state index is 0.225. The van der Waals surface area contributed by atoms with Crippen molar-refractivity contribution in [3.05, 3.63) is 162 Å². The highest BCUT2D eigenvalue weighted by Crippen LogP contribution is 2.45. The fourth-order valence-corrected chi connectivity index (χ4v) is 8.26. The van der Waals surface area contributed by atoms with Gasteiger partial charge in [-0.1, -0.05) is 48.6 Å². The van der Waals surface area contributed by atoms with Gasteiger partial charge in [0.15, 0.2) is 0 Å². The van der Waals surface area contributed by atoms with Gasteiger partial charge in [0.05, 0.1) is 11.7 Å². The Morgan fingerprint density at radius 2 is 1.39 bits per heavy atom. The lowest BCUT2D eigenvalue weighted by atomic mass is 9.75. The molecule has 5 unspecified atom stereocenters. The van der Waals surface area contributed by atoms with Crippen LogP contribution in [0.15, 0.2) is 143 Å². The van der Waals surface area contributed by atoms with Gasteiger partial charge in [0.25, 0.3) is 0 Å². The van der Waals surface area contributed by atoms with E-state index in [-0.39, 0.29) is 12.0 Å². The largest absolute Gasteiger partial charge is 0.456 e. The molecule has 5 heteroatoms. The number of pyridine rings is 3. The number of furan rings is 1. The molecule has 0 bridgehead atoms. The SMILES string of the molecule is C1=CCC(C2C=C(c3ccc4oc5ccc(C6CC(c7ccccn7)=CC(c7ccccn7)C6)cc5c4c3)CC(c3ccccn3)C2)N=C1. The molecule has 5 nitrogen and oxygen atoms in total. The molecule has 0 saturated carbocycles. The number of aromatic nitrogens is 3. The van der Waals surface area contributed by atoms with Crippen LogP contribution < -0.4 is 0 Å². The average Bonchev–Trinajstić information content (AvgIpc) is 3.56. The van der Waals surface area contributed by atoms with Crippen molar-refractivity contribution in [1.29, 1.82) is 0 Å². The molecular formula is C44H38N4O. The standard InChI is InChI=1S/C44H38N4O/c1-5-17-45-39(9-1)33-21-31(22-34(25-33)40-10-2-6-18-46-40)29-13-15-43-37(27-29)38-28-30(14-16-44(38)49-43)32-23-35(41-11-3-7-19-47-41)26-36(24-32)42-12-4-8-20-48-42/h1-11,13-20,24-25,27-28,31,33,35-36,42H,12,21-23,26H2. The van der Waals surface area contributed by atoms with Crippen molar-refractivity contribution in [2.24, 2.45) is 10.9 Å². The van der Waals surface area contributed by atoms with E-state index >= 15 is 0 Å². The molecule has 0 radical (unpaired) electrons. The van der Waals surface area contributed by atoms with E-state index in [9.17, 15) is 0 Å². The van der Waals surface area contributed by atoms with E-state index in [1.807, 2.05) is 43.0 Å². The number of allylic oxidation sites excluding steroid dienone is 4. The predicted molar refractivity (Wildman–Crippen MR) is 199 cm³/mol. The lowest BCUT2D eigenvalue weighted by Crippen LogP contribution is -2.24. The lowest BCUT2D eigenvalue weighted by Gasteiger charge is -2.32. The zero-order valence-corrected chi connectivity index (χ0v) is 27.4. The molecule has 49 heavy (non-hydrogen) atoms. The smallest absolute Gasteiger partial charge is 0.135 e. The highest BCUT2D eigenvalue weighted by atomic mass is 16.3. The van der Waals surface area contributed by atoms with Crippen LogP contribution in [0.4, 0.5) is 0 Å². The van der Waals surface area contributed by atoms with Crippen molar-refractivity contribution in [3.8, 4) is 0 Å². The molecule has 2 aliphatic carbocycles. The summed E-state index contributed by atoms with van der Waals surface area (Å²) < 4.78 is 6.44. The Balaban J connectivity index is 1.08. The first-order valence-electron chi connectivity index (χ1n) is 17.5. The normalized spacial score (nSPS) is 23.8. The molecule has 4 aromatic heterocycles. The van der Waals surface area contributed by atoms with Gasteiger partial charge in [-0.05, 0) is 127 Å². The van der Waals surface area contributed by atoms with E-state index in [0.717, 1.165) is 54.7 Å². The van der Waals surface area contributed by atoms with E-state index in [0.29, 0.717) is 17.8 Å². The lowest BCUT2D eigenvalue weighted by molar-refractivity contribution is 0.415. The Labute approximate surface area is 286 Å². The molecule has 2 aromatic carbocycles. The molecule has 0 fully saturated rings. The summed E-state index contributed by atoms with van der Waals surface area (Å²) in [5, 5.41) is 2.34. The number of rotatable bonds is 6. The fraction of sp³-hybridized carbons (Fsp3) is 0.227. The van der Waals surface area contributed by atoms with Crippen LogP contribution in [0.2, 0.25) is 0 Å². The molecule has 1 aliphatic heterocycles. The molecule has 9 rings (SSSR count). The third-order valence-corrected chi connectivity index (χ3v) is 10.7. The maximum Gasteiger partial charge on any atom is 0.135 e. The van der Waals surface area contributed by atoms with Gasteiger partial charge in [0.1, 0.15) is 11.2 Å². The van der Waals surface area contributed by atoms with Crippen LogP contribution in [0.3, 0.4) is 0 Å². The molecule has 5 atom stereocenters. The summed E-state index contributed by atoms with van der Waals surface area (Å²) >= 11 is 0. The fourth-order valence-electron chi connectivity index (χ4n) is 8.26. The van der Waals surface area contributed by atoms with Crippen molar-refractivity contribution in [2.45, 2.75) is 55.9 Å². The van der Waals surface area contributed by atoms with Gasteiger partial charge in [0, 0.05) is 64.7 Å². The summed E-state index contributed by atoms with van der Waals surface area (Å²) in [7, 11) is 0. The third kappa shape index (κ3) is 5.95. The molecule has 0 amide bonds. The van der Waals surface area contributed by atoms with Crippen molar-refractivity contribution in [3.63, 3.8) is 0 Å². The number of nitrogens with zero attached hydrogens (tertiary/aromatic N) is 4. The molecule has 3 aliphatic rings. The highest BCUT2D eigenvalue weighted by Gasteiger charge is 2.31. The summed E-state index contributed by atoms with van der Waals surface area (Å²) in [6, 6.07) is 32.5. The van der Waals surface area contributed by atoms with Gasteiger partial charge < -0.3 is 4.42 Å². The predicted octanol–water partition coefficient (Wildman–Crippen LogP) is 10.5. The van der Waals surface area contributed by atoms with E-state index < -0.39 is 0 Å². The van der Waals surface area contributed by atoms with Gasteiger partial charge in [-0.25, -0.2) is 0 Å². The summed E-state index contributed by atoms with van der Waals surface area (Å²) in [6.07, 6.45) is 21.8. The van der Waals surface area contributed by atoms with Crippen LogP contribution in [0.1, 0.15) is 78.1 Å². The van der Waals surface area contributed by atoms with Gasteiger partial charge >= 0.3 is 0 Å². The molecule has 0 saturated heterocycles. The van der Waals surface area contributed by atoms with E-state index in [2.05, 4.69) is 97.1 Å². The zero-order chi connectivity index (χ0) is 32.6. The van der Waals surface area contributed by atoms with Crippen molar-refractivity contribution >= 4 is 39.3 Å². The Morgan fingerprint density at radius 3 is 2.14 bits per heavy atom. The summed E-state index contributed by atoms with van der Waals surface area (Å²) in [5.74, 6) is 1.27. The minimum Gasteiger partial charge on any atom is -0.456 e. The minimum atomic E-state index is 0.225. The van der Waals surface area contributed by atoms with Crippen LogP contribution in [-0.4, -0.2) is 27.2 Å². The third-order valence-electron chi connectivity index (χ3n) is 10.7. The maximum absolute atomic E-state index is 6.44. The summed E-state index contributed by atoms with van der Waals surface area (Å²) in [6.45, 7) is 0. The first kappa shape index (κ1) is 29.7. The average molecular weight is 639 g/mol. The first-order chi connectivity index (χ1) is 24.2. The molecular weight excluding hydrogens is 601 g/mol. The molecule has 0 N–H and O–H groups in total. The summed E-state index contributed by atoms with van der Waals surface area (Å²) in [5.41, 5.74) is 10.4. The van der Waals surface area contributed by atoms with Crippen LogP contribution in [0, 0.1) is 5.92 Å². The number of hydrogen-bond donors (Lipinski definition) is 0. The number of aliphatic imine (C=N–C) groups is 1. The van der Waals surface area contributed by atoms with Crippen molar-refractivity contribution < 1.29 is 4.42 Å². The molecule has 0 spiro atoms. The second kappa shape index (κ2) is 12.9. The Hall–Kier alpha value is -5.42. The van der Waals surface area contributed by atoms with Gasteiger partial charge in [-0.15, -0.1) is 0 Å². The topological polar surface area (TPSA) is 64.2 Å². The number of benzene rings is 2. The number of hydrogen-bond acceptors (Lipinski definition) is 5. The second-order valence-electron chi connectivity index (χ2n) is 13.7. The summed E-state index contributed by atoms with van der Waals surface area (Å²) in [4.78, 5) is 19.2. The van der Waals surface area contributed by atoms with Crippen LogP contribution in [0.5, 0.6) is 0 Å². The van der Waals surface area contributed by atoms with Crippen LogP contribution >= 0.6 is 0 Å². The number of fused-ring (bicyclic) bond motifs is 3. The first-order valence-corrected chi connectivity index (χ1v) is 17.5. The second-order valence-corrected chi connectivity index (χ2v) is 13.7. The molecule has 240 valence electrons. The Morgan fingerprint density at radius 1 is 0.633 bits per heavy atom. The monoisotopic (exact) mass is 638 g/mol. The highest BCUT2D eigenvalue weighted by molar-refractivity contribution is 6.06. The number of dihydropyridines is 1. The van der Waals surface area contributed by atoms with Gasteiger partial charge in [-0.3, -0.25) is 19.9 Å². The quantitative estimate of drug-likeness (QED) is 0.182. The van der Waals surface area contributed by atoms with E-state index in [4.69, 9.17) is 24.4 Å². The zero-order valence-electron chi connectivity index (χ0n) is 27.4. The van der Waals surface area contributed by atoms with Crippen molar-refractivity contribution in [2.75, 3.05) is 0 Å². The van der Waals surface area contributed by atoms with Gasteiger partial charge in [0.2, 0.25) is 0 Å². The van der Waals surface area contributed by atoms with Crippen LogP contribution in [-0.2, 0) is 0 Å². The van der Waals surface area contributed by atoms with Crippen LogP contribution in [0.25, 0.3) is 33.1 Å². The maximum atomic E-state index is 6.44. The van der Waals surface area contributed by atoms with Crippen molar-refractivity contribution in [1.82, 2.24) is 15.0 Å². The molecule has 6 aromatic rings. The van der Waals surface area contributed by atoms with E-state index in [1.165, 1.54) is 38.7 Å². The Kier molecular flexibility index (Phi) is 7.81. The van der Waals surface area contributed by atoms with Gasteiger partial charge in [-0.2, -0.15) is 0 Å². The Bertz CT molecular complexity index is 2230. The van der Waals surface area contributed by atoms with E-state index in [1.54, 1.807) is 0 Å².